The van der Waals surface area contributed by atoms with Crippen molar-refractivity contribution in [2.45, 2.75) is 6.54 Å². The first kappa shape index (κ1) is 10.3. The van der Waals surface area contributed by atoms with E-state index in [1.807, 2.05) is 0 Å². The molecule has 0 amide bonds. The molecule has 0 bridgehead atoms. The minimum Gasteiger partial charge on any atom is -0.353 e. The second-order valence-electron chi connectivity index (χ2n) is 3.59. The summed E-state index contributed by atoms with van der Waals surface area (Å²) in [4.78, 5) is 2.18. The molecule has 74 valence electrons. The maximum atomic E-state index is 3.40. The van der Waals surface area contributed by atoms with Crippen molar-refractivity contribution in [2.24, 2.45) is 7.05 Å². The van der Waals surface area contributed by atoms with Crippen LogP contribution in [0.5, 0.6) is 0 Å². The van der Waals surface area contributed by atoms with Crippen LogP contribution < -0.4 is 5.32 Å². The highest BCUT2D eigenvalue weighted by atomic mass is 15.1. The predicted octanol–water partition coefficient (Wildman–Crippen LogP) is 0.676. The van der Waals surface area contributed by atoms with Crippen LogP contribution in [0.15, 0.2) is 18.3 Å². The van der Waals surface area contributed by atoms with Crippen molar-refractivity contribution in [1.82, 2.24) is 14.8 Å². The molecule has 0 spiro atoms. The van der Waals surface area contributed by atoms with Crippen molar-refractivity contribution >= 4 is 0 Å². The van der Waals surface area contributed by atoms with Crippen LogP contribution >= 0.6 is 0 Å². The highest BCUT2D eigenvalue weighted by Crippen LogP contribution is 1.97. The first-order valence-corrected chi connectivity index (χ1v) is 4.66. The summed E-state index contributed by atoms with van der Waals surface area (Å²) < 4.78 is 2.14. The first-order valence-electron chi connectivity index (χ1n) is 4.66. The van der Waals surface area contributed by atoms with Gasteiger partial charge in [-0.1, -0.05) is 0 Å². The van der Waals surface area contributed by atoms with Gasteiger partial charge in [0.1, 0.15) is 0 Å². The first-order chi connectivity index (χ1) is 6.20. The fourth-order valence-corrected chi connectivity index (χ4v) is 1.20. The van der Waals surface area contributed by atoms with Gasteiger partial charge in [-0.2, -0.15) is 0 Å². The van der Waals surface area contributed by atoms with Crippen LogP contribution in [-0.2, 0) is 13.6 Å². The molecule has 0 fully saturated rings. The van der Waals surface area contributed by atoms with Crippen LogP contribution in [0.25, 0.3) is 0 Å². The monoisotopic (exact) mass is 181 g/mol. The average Bonchev–Trinajstić information content (AvgIpc) is 2.45. The van der Waals surface area contributed by atoms with E-state index in [0.29, 0.717) is 0 Å². The van der Waals surface area contributed by atoms with Gasteiger partial charge in [0, 0.05) is 38.6 Å². The second kappa shape index (κ2) is 5.04. The average molecular weight is 181 g/mol. The summed E-state index contributed by atoms with van der Waals surface area (Å²) >= 11 is 0. The number of nitrogens with one attached hydrogen (secondary N) is 1. The van der Waals surface area contributed by atoms with E-state index in [-0.39, 0.29) is 0 Å². The lowest BCUT2D eigenvalue weighted by Gasteiger charge is -2.10. The minimum absolute atomic E-state index is 0.956. The predicted molar refractivity (Wildman–Crippen MR) is 55.7 cm³/mol. The third-order valence-electron chi connectivity index (χ3n) is 2.09. The van der Waals surface area contributed by atoms with Crippen LogP contribution in [0.3, 0.4) is 0 Å². The molecule has 0 saturated heterocycles. The maximum Gasteiger partial charge on any atom is 0.0359 e. The van der Waals surface area contributed by atoms with E-state index in [1.165, 1.54) is 5.69 Å². The standard InChI is InChI=1S/C10H19N3/c1-12(2)8-6-11-9-10-5-4-7-13(10)3/h4-5,7,11H,6,8-9H2,1-3H3. The van der Waals surface area contributed by atoms with Gasteiger partial charge in [0.2, 0.25) is 0 Å². The molecule has 0 radical (unpaired) electrons. The summed E-state index contributed by atoms with van der Waals surface area (Å²) in [6.45, 7) is 3.08. The Morgan fingerprint density at radius 1 is 1.46 bits per heavy atom. The van der Waals surface area contributed by atoms with Gasteiger partial charge in [-0.25, -0.2) is 0 Å². The topological polar surface area (TPSA) is 20.2 Å². The minimum atomic E-state index is 0.956. The SMILES string of the molecule is CN(C)CCNCc1cccn1C. The summed E-state index contributed by atoms with van der Waals surface area (Å²) in [7, 11) is 6.25. The molecule has 13 heavy (non-hydrogen) atoms. The summed E-state index contributed by atoms with van der Waals surface area (Å²) in [5.74, 6) is 0. The van der Waals surface area contributed by atoms with Gasteiger partial charge >= 0.3 is 0 Å². The molecule has 0 saturated carbocycles. The Bertz CT molecular complexity index is 240. The fourth-order valence-electron chi connectivity index (χ4n) is 1.20. The van der Waals surface area contributed by atoms with E-state index in [4.69, 9.17) is 0 Å². The number of rotatable bonds is 5. The lowest BCUT2D eigenvalue weighted by Crippen LogP contribution is -2.26. The third kappa shape index (κ3) is 3.61. The molecule has 1 aromatic rings. The van der Waals surface area contributed by atoms with E-state index < -0.39 is 0 Å². The molecule has 0 unspecified atom stereocenters. The molecule has 0 aliphatic carbocycles. The van der Waals surface area contributed by atoms with E-state index in [9.17, 15) is 0 Å². The molecule has 3 nitrogen and oxygen atoms in total. The van der Waals surface area contributed by atoms with Crippen LogP contribution in [0.4, 0.5) is 0 Å². The molecule has 1 rings (SSSR count). The largest absolute Gasteiger partial charge is 0.353 e. The molecule has 1 N–H and O–H groups in total. The second-order valence-corrected chi connectivity index (χ2v) is 3.59. The zero-order valence-electron chi connectivity index (χ0n) is 8.75. The Labute approximate surface area is 80.3 Å². The number of aryl methyl sites for hydroxylation is 1. The zero-order chi connectivity index (χ0) is 9.68. The normalized spacial score (nSPS) is 11.1. The zero-order valence-corrected chi connectivity index (χ0v) is 8.75. The van der Waals surface area contributed by atoms with E-state index in [1.54, 1.807) is 0 Å². The lowest BCUT2D eigenvalue weighted by molar-refractivity contribution is 0.399. The van der Waals surface area contributed by atoms with Crippen LogP contribution in [-0.4, -0.2) is 36.7 Å². The Kier molecular flexibility index (Phi) is 3.99. The summed E-state index contributed by atoms with van der Waals surface area (Å²) in [5, 5.41) is 3.40. The van der Waals surface area contributed by atoms with Crippen molar-refractivity contribution in [3.63, 3.8) is 0 Å². The van der Waals surface area contributed by atoms with Crippen molar-refractivity contribution in [1.29, 1.82) is 0 Å². The van der Waals surface area contributed by atoms with Crippen molar-refractivity contribution in [3.8, 4) is 0 Å². The Morgan fingerprint density at radius 2 is 2.23 bits per heavy atom. The summed E-state index contributed by atoms with van der Waals surface area (Å²) in [6, 6.07) is 4.21. The van der Waals surface area contributed by atoms with E-state index in [2.05, 4.69) is 54.3 Å². The van der Waals surface area contributed by atoms with Gasteiger partial charge in [0.25, 0.3) is 0 Å². The molecule has 0 aromatic carbocycles. The number of hydrogen-bond acceptors (Lipinski definition) is 2. The molecule has 0 aliphatic heterocycles. The molecular formula is C10H19N3. The van der Waals surface area contributed by atoms with E-state index in [0.717, 1.165) is 19.6 Å². The van der Waals surface area contributed by atoms with E-state index >= 15 is 0 Å². The molecule has 1 heterocycles. The highest BCUT2D eigenvalue weighted by molar-refractivity contribution is 5.05. The number of hydrogen-bond donors (Lipinski definition) is 1. The highest BCUT2D eigenvalue weighted by Gasteiger charge is 1.95. The van der Waals surface area contributed by atoms with Crippen LogP contribution in [0.2, 0.25) is 0 Å². The molecular weight excluding hydrogens is 162 g/mol. The van der Waals surface area contributed by atoms with Crippen molar-refractivity contribution in [2.75, 3.05) is 27.2 Å². The number of likely N-dealkylation sites (N-methyl/N-ethyl adjacent to an activating group) is 1. The van der Waals surface area contributed by atoms with Gasteiger partial charge in [-0.3, -0.25) is 0 Å². The van der Waals surface area contributed by atoms with Crippen LogP contribution in [0, 0.1) is 0 Å². The third-order valence-corrected chi connectivity index (χ3v) is 2.09. The van der Waals surface area contributed by atoms with Crippen molar-refractivity contribution < 1.29 is 0 Å². The smallest absolute Gasteiger partial charge is 0.0359 e. The number of aromatic nitrogens is 1. The van der Waals surface area contributed by atoms with Crippen LogP contribution in [0.1, 0.15) is 5.69 Å². The Morgan fingerprint density at radius 3 is 2.77 bits per heavy atom. The quantitative estimate of drug-likeness (QED) is 0.674. The number of nitrogens with zero attached hydrogens (tertiary/aromatic N) is 2. The van der Waals surface area contributed by atoms with Gasteiger partial charge < -0.3 is 14.8 Å². The van der Waals surface area contributed by atoms with Gasteiger partial charge in [-0.15, -0.1) is 0 Å². The van der Waals surface area contributed by atoms with Gasteiger partial charge in [0.15, 0.2) is 0 Å². The Hall–Kier alpha value is -0.800. The summed E-state index contributed by atoms with van der Waals surface area (Å²) in [6.07, 6.45) is 2.07. The molecule has 3 heteroatoms. The molecule has 0 aliphatic rings. The Balaban J connectivity index is 2.17. The van der Waals surface area contributed by atoms with Crippen molar-refractivity contribution in [3.05, 3.63) is 24.0 Å². The maximum absolute atomic E-state index is 3.40. The molecule has 0 atom stereocenters. The van der Waals surface area contributed by atoms with Gasteiger partial charge in [-0.05, 0) is 26.2 Å². The molecule has 1 aromatic heterocycles. The summed E-state index contributed by atoms with van der Waals surface area (Å²) in [5.41, 5.74) is 1.33. The fraction of sp³-hybridized carbons (Fsp3) is 0.600. The van der Waals surface area contributed by atoms with Gasteiger partial charge in [0.05, 0.1) is 0 Å². The lowest BCUT2D eigenvalue weighted by atomic mass is 10.4.